The maximum Gasteiger partial charge on any atom is 0.305 e. The van der Waals surface area contributed by atoms with Gasteiger partial charge in [-0.15, -0.1) is 0 Å². The molecule has 0 aromatic carbocycles. The van der Waals surface area contributed by atoms with E-state index in [9.17, 15) is 9.59 Å². The summed E-state index contributed by atoms with van der Waals surface area (Å²) in [6, 6.07) is 0. The van der Waals surface area contributed by atoms with Gasteiger partial charge in [-0.1, -0.05) is 0 Å². The first-order valence-electron chi connectivity index (χ1n) is 4.16. The lowest BCUT2D eigenvalue weighted by Crippen LogP contribution is -2.13. The third-order valence-electron chi connectivity index (χ3n) is 1.24. The smallest absolute Gasteiger partial charge is 0.305 e. The molecule has 5 heteroatoms. The SMILES string of the molecule is CC(=O)OCCOC(=O)CCCN. The highest BCUT2D eigenvalue weighted by Gasteiger charge is 2.01. The van der Waals surface area contributed by atoms with Crippen molar-refractivity contribution >= 4 is 11.9 Å². The Labute approximate surface area is 77.2 Å². The topological polar surface area (TPSA) is 78.6 Å². The predicted molar refractivity (Wildman–Crippen MR) is 45.9 cm³/mol. The number of nitrogens with two attached hydrogens (primary N) is 1. The molecule has 0 aliphatic heterocycles. The molecule has 0 saturated heterocycles. The van der Waals surface area contributed by atoms with Gasteiger partial charge in [0.25, 0.3) is 0 Å². The zero-order valence-corrected chi connectivity index (χ0v) is 7.75. The number of hydrogen-bond acceptors (Lipinski definition) is 5. The second-order valence-corrected chi connectivity index (χ2v) is 2.45. The fraction of sp³-hybridized carbons (Fsp3) is 0.750. The second kappa shape index (κ2) is 7.54. The molecule has 0 spiro atoms. The van der Waals surface area contributed by atoms with Gasteiger partial charge in [-0.3, -0.25) is 9.59 Å². The van der Waals surface area contributed by atoms with Gasteiger partial charge in [0.15, 0.2) is 0 Å². The van der Waals surface area contributed by atoms with Crippen LogP contribution in [0.5, 0.6) is 0 Å². The maximum atomic E-state index is 10.8. The predicted octanol–water partition coefficient (Wildman–Crippen LogP) is -0.168. The Morgan fingerprint density at radius 3 is 2.38 bits per heavy atom. The quantitative estimate of drug-likeness (QED) is 0.463. The number of ether oxygens (including phenoxy) is 2. The van der Waals surface area contributed by atoms with E-state index in [1.54, 1.807) is 0 Å². The highest BCUT2D eigenvalue weighted by molar-refractivity contribution is 5.69. The van der Waals surface area contributed by atoms with Crippen molar-refractivity contribution < 1.29 is 19.1 Å². The average molecular weight is 189 g/mol. The Hall–Kier alpha value is -1.10. The Morgan fingerprint density at radius 2 is 1.85 bits per heavy atom. The van der Waals surface area contributed by atoms with E-state index in [1.165, 1.54) is 6.92 Å². The summed E-state index contributed by atoms with van der Waals surface area (Å²) < 4.78 is 9.28. The molecule has 0 fully saturated rings. The molecule has 13 heavy (non-hydrogen) atoms. The number of hydrogen-bond donors (Lipinski definition) is 1. The summed E-state index contributed by atoms with van der Waals surface area (Å²) in [6.45, 7) is 2.00. The van der Waals surface area contributed by atoms with Gasteiger partial charge >= 0.3 is 11.9 Å². The standard InChI is InChI=1S/C8H15NO4/c1-7(10)12-5-6-13-8(11)3-2-4-9/h2-6,9H2,1H3. The van der Waals surface area contributed by atoms with Crippen molar-refractivity contribution in [2.24, 2.45) is 5.73 Å². The van der Waals surface area contributed by atoms with Gasteiger partial charge in [-0.05, 0) is 13.0 Å². The zero-order valence-electron chi connectivity index (χ0n) is 7.75. The van der Waals surface area contributed by atoms with Crippen LogP contribution >= 0.6 is 0 Å². The van der Waals surface area contributed by atoms with E-state index in [0.717, 1.165) is 0 Å². The summed E-state index contributed by atoms with van der Waals surface area (Å²) >= 11 is 0. The molecular formula is C8H15NO4. The number of carbonyl (C=O) groups is 2. The molecule has 0 bridgehead atoms. The Kier molecular flexibility index (Phi) is 6.91. The van der Waals surface area contributed by atoms with Crippen LogP contribution < -0.4 is 5.73 Å². The van der Waals surface area contributed by atoms with Crippen molar-refractivity contribution in [1.29, 1.82) is 0 Å². The first kappa shape index (κ1) is 11.9. The van der Waals surface area contributed by atoms with Crippen LogP contribution in [0, 0.1) is 0 Å². The highest BCUT2D eigenvalue weighted by atomic mass is 16.6. The van der Waals surface area contributed by atoms with Crippen molar-refractivity contribution in [3.63, 3.8) is 0 Å². The monoisotopic (exact) mass is 189 g/mol. The molecule has 0 aliphatic rings. The van der Waals surface area contributed by atoms with Crippen molar-refractivity contribution in [2.75, 3.05) is 19.8 Å². The molecule has 0 heterocycles. The third kappa shape index (κ3) is 8.81. The molecule has 0 saturated carbocycles. The molecule has 0 aromatic heterocycles. The molecule has 0 amide bonds. The van der Waals surface area contributed by atoms with Crippen LogP contribution in [0.1, 0.15) is 19.8 Å². The molecule has 0 radical (unpaired) electrons. The number of esters is 2. The molecule has 0 atom stereocenters. The van der Waals surface area contributed by atoms with E-state index in [1.807, 2.05) is 0 Å². The summed E-state index contributed by atoms with van der Waals surface area (Å²) in [5.74, 6) is -0.685. The maximum absolute atomic E-state index is 10.8. The minimum Gasteiger partial charge on any atom is -0.462 e. The summed E-state index contributed by atoms with van der Waals surface area (Å²) in [5.41, 5.74) is 5.19. The molecule has 76 valence electrons. The van der Waals surface area contributed by atoms with Gasteiger partial charge in [0, 0.05) is 13.3 Å². The molecule has 0 rings (SSSR count). The van der Waals surface area contributed by atoms with Crippen LogP contribution in [-0.2, 0) is 19.1 Å². The lowest BCUT2D eigenvalue weighted by Gasteiger charge is -2.03. The van der Waals surface area contributed by atoms with Crippen LogP contribution in [-0.4, -0.2) is 31.7 Å². The van der Waals surface area contributed by atoms with Crippen LogP contribution in [0.25, 0.3) is 0 Å². The normalized spacial score (nSPS) is 9.38. The van der Waals surface area contributed by atoms with Gasteiger partial charge in [0.1, 0.15) is 13.2 Å². The Bertz CT molecular complexity index is 170. The van der Waals surface area contributed by atoms with Gasteiger partial charge < -0.3 is 15.2 Å². The minimum atomic E-state index is -0.377. The Morgan fingerprint density at radius 1 is 1.23 bits per heavy atom. The molecule has 2 N–H and O–H groups in total. The fourth-order valence-electron chi connectivity index (χ4n) is 0.659. The van der Waals surface area contributed by atoms with Crippen LogP contribution in [0.3, 0.4) is 0 Å². The fourth-order valence-corrected chi connectivity index (χ4v) is 0.659. The van der Waals surface area contributed by atoms with E-state index in [4.69, 9.17) is 10.5 Å². The molecule has 0 aliphatic carbocycles. The average Bonchev–Trinajstić information content (AvgIpc) is 2.08. The summed E-state index contributed by atoms with van der Waals surface area (Å²) in [5, 5.41) is 0. The third-order valence-corrected chi connectivity index (χ3v) is 1.24. The van der Waals surface area contributed by atoms with E-state index in [-0.39, 0.29) is 25.2 Å². The van der Waals surface area contributed by atoms with Gasteiger partial charge in [0.2, 0.25) is 0 Å². The van der Waals surface area contributed by atoms with E-state index in [0.29, 0.717) is 19.4 Å². The van der Waals surface area contributed by atoms with Crippen molar-refractivity contribution in [1.82, 2.24) is 0 Å². The number of carbonyl (C=O) groups excluding carboxylic acids is 2. The van der Waals surface area contributed by atoms with E-state index >= 15 is 0 Å². The summed E-state index contributed by atoms with van der Waals surface area (Å²) in [7, 11) is 0. The van der Waals surface area contributed by atoms with E-state index in [2.05, 4.69) is 4.74 Å². The largest absolute Gasteiger partial charge is 0.462 e. The second-order valence-electron chi connectivity index (χ2n) is 2.45. The highest BCUT2D eigenvalue weighted by Crippen LogP contribution is 1.90. The Balaban J connectivity index is 3.22. The summed E-state index contributed by atoms with van der Waals surface area (Å²) in [4.78, 5) is 21.1. The van der Waals surface area contributed by atoms with Crippen molar-refractivity contribution in [3.05, 3.63) is 0 Å². The zero-order chi connectivity index (χ0) is 10.1. The molecule has 0 unspecified atom stereocenters. The first-order valence-corrected chi connectivity index (χ1v) is 4.16. The first-order chi connectivity index (χ1) is 6.16. The molecule has 0 aromatic rings. The minimum absolute atomic E-state index is 0.114. The van der Waals surface area contributed by atoms with Crippen molar-refractivity contribution in [2.45, 2.75) is 19.8 Å². The molecule has 5 nitrogen and oxygen atoms in total. The van der Waals surface area contributed by atoms with Gasteiger partial charge in [0.05, 0.1) is 0 Å². The van der Waals surface area contributed by atoms with E-state index < -0.39 is 0 Å². The summed E-state index contributed by atoms with van der Waals surface area (Å²) in [6.07, 6.45) is 0.934. The van der Waals surface area contributed by atoms with Crippen LogP contribution in [0.4, 0.5) is 0 Å². The van der Waals surface area contributed by atoms with Gasteiger partial charge in [-0.25, -0.2) is 0 Å². The lowest BCUT2D eigenvalue weighted by atomic mass is 10.3. The van der Waals surface area contributed by atoms with Crippen LogP contribution in [0.2, 0.25) is 0 Å². The number of rotatable bonds is 6. The van der Waals surface area contributed by atoms with Gasteiger partial charge in [-0.2, -0.15) is 0 Å². The lowest BCUT2D eigenvalue weighted by molar-refractivity contribution is -0.151. The van der Waals surface area contributed by atoms with Crippen LogP contribution in [0.15, 0.2) is 0 Å². The van der Waals surface area contributed by atoms with Crippen molar-refractivity contribution in [3.8, 4) is 0 Å². The molecular weight excluding hydrogens is 174 g/mol.